The quantitative estimate of drug-likeness (QED) is 0.411. The number of likely N-dealkylation sites (tertiary alicyclic amines) is 1. The second-order valence-corrected chi connectivity index (χ2v) is 6.37. The summed E-state index contributed by atoms with van der Waals surface area (Å²) >= 11 is 0. The van der Waals surface area contributed by atoms with Gasteiger partial charge in [0.15, 0.2) is 5.96 Å². The Morgan fingerprint density at radius 3 is 2.68 bits per heavy atom. The monoisotopic (exact) mass is 424 g/mol. The lowest BCUT2D eigenvalue weighted by Gasteiger charge is -2.45. The average molecular weight is 424 g/mol. The SMILES string of the molecule is CN=C(NCC(=O)N(C)C)N1CCCC2(CCCOC2)C1.I. The van der Waals surface area contributed by atoms with Gasteiger partial charge in [0.1, 0.15) is 0 Å². The van der Waals surface area contributed by atoms with Crippen molar-refractivity contribution >= 4 is 35.8 Å². The molecule has 0 radical (unpaired) electrons. The van der Waals surface area contributed by atoms with E-state index in [2.05, 4.69) is 15.2 Å². The second kappa shape index (κ2) is 8.90. The summed E-state index contributed by atoms with van der Waals surface area (Å²) in [6.45, 7) is 4.02. The second-order valence-electron chi connectivity index (χ2n) is 6.37. The van der Waals surface area contributed by atoms with Crippen LogP contribution >= 0.6 is 24.0 Å². The molecule has 0 saturated carbocycles. The molecule has 0 bridgehead atoms. The molecule has 1 amide bonds. The number of likely N-dealkylation sites (N-methyl/N-ethyl adjacent to an activating group) is 1. The van der Waals surface area contributed by atoms with Gasteiger partial charge >= 0.3 is 0 Å². The molecule has 1 N–H and O–H groups in total. The van der Waals surface area contributed by atoms with E-state index >= 15 is 0 Å². The average Bonchev–Trinajstić information content (AvgIpc) is 2.48. The number of halogens is 1. The first-order valence-electron chi connectivity index (χ1n) is 7.80. The first-order valence-corrected chi connectivity index (χ1v) is 7.80. The van der Waals surface area contributed by atoms with E-state index in [0.717, 1.165) is 45.1 Å². The maximum atomic E-state index is 11.7. The number of piperidine rings is 1. The topological polar surface area (TPSA) is 57.2 Å². The van der Waals surface area contributed by atoms with Crippen molar-refractivity contribution in [3.63, 3.8) is 0 Å². The zero-order valence-corrected chi connectivity index (χ0v) is 16.3. The van der Waals surface area contributed by atoms with Crippen LogP contribution in [0.25, 0.3) is 0 Å². The van der Waals surface area contributed by atoms with Crippen molar-refractivity contribution in [2.75, 3.05) is 54.0 Å². The standard InChI is InChI=1S/C15H28N4O2.HI/c1-16-14(17-10-13(20)18(2)3)19-8-4-6-15(11-19)7-5-9-21-12-15;/h4-12H2,1-3H3,(H,16,17);1H. The molecule has 2 heterocycles. The van der Waals surface area contributed by atoms with Crippen molar-refractivity contribution < 1.29 is 9.53 Å². The molecular weight excluding hydrogens is 395 g/mol. The van der Waals surface area contributed by atoms with E-state index in [-0.39, 0.29) is 35.3 Å². The number of nitrogens with zero attached hydrogens (tertiary/aromatic N) is 3. The lowest BCUT2D eigenvalue weighted by molar-refractivity contribution is -0.127. The van der Waals surface area contributed by atoms with E-state index in [4.69, 9.17) is 4.74 Å². The van der Waals surface area contributed by atoms with Crippen LogP contribution in [0.4, 0.5) is 0 Å². The van der Waals surface area contributed by atoms with Gasteiger partial charge in [-0.15, -0.1) is 24.0 Å². The number of hydrogen-bond acceptors (Lipinski definition) is 3. The molecule has 0 aromatic heterocycles. The van der Waals surface area contributed by atoms with Gasteiger partial charge in [-0.3, -0.25) is 9.79 Å². The van der Waals surface area contributed by atoms with Crippen molar-refractivity contribution in [2.45, 2.75) is 25.7 Å². The normalized spacial score (nSPS) is 25.6. The Hall–Kier alpha value is -0.570. The Labute approximate surface area is 150 Å². The van der Waals surface area contributed by atoms with Gasteiger partial charge in [0, 0.05) is 46.3 Å². The van der Waals surface area contributed by atoms with Crippen LogP contribution in [0.15, 0.2) is 4.99 Å². The van der Waals surface area contributed by atoms with Crippen LogP contribution in [0.1, 0.15) is 25.7 Å². The number of carbonyl (C=O) groups excluding carboxylic acids is 1. The fraction of sp³-hybridized carbons (Fsp3) is 0.867. The molecule has 2 rings (SSSR count). The van der Waals surface area contributed by atoms with E-state index in [1.165, 1.54) is 12.8 Å². The smallest absolute Gasteiger partial charge is 0.241 e. The maximum Gasteiger partial charge on any atom is 0.241 e. The van der Waals surface area contributed by atoms with Crippen molar-refractivity contribution in [1.29, 1.82) is 0 Å². The molecule has 2 aliphatic rings. The number of rotatable bonds is 2. The number of hydrogen-bond donors (Lipinski definition) is 1. The minimum atomic E-state index is 0. The number of aliphatic imine (C=N–C) groups is 1. The van der Waals surface area contributed by atoms with E-state index < -0.39 is 0 Å². The highest BCUT2D eigenvalue weighted by molar-refractivity contribution is 14.0. The Morgan fingerprint density at radius 1 is 1.36 bits per heavy atom. The number of carbonyl (C=O) groups is 1. The highest BCUT2D eigenvalue weighted by Crippen LogP contribution is 2.37. The van der Waals surface area contributed by atoms with E-state index in [1.54, 1.807) is 26.0 Å². The minimum Gasteiger partial charge on any atom is -0.381 e. The van der Waals surface area contributed by atoms with Crippen LogP contribution in [-0.2, 0) is 9.53 Å². The van der Waals surface area contributed by atoms with Crippen molar-refractivity contribution in [1.82, 2.24) is 15.1 Å². The molecule has 6 nitrogen and oxygen atoms in total. The van der Waals surface area contributed by atoms with E-state index in [0.29, 0.717) is 6.54 Å². The maximum absolute atomic E-state index is 11.7. The van der Waals surface area contributed by atoms with Crippen LogP contribution in [0.2, 0.25) is 0 Å². The van der Waals surface area contributed by atoms with E-state index in [1.807, 2.05) is 0 Å². The molecular formula is C15H29IN4O2. The molecule has 0 aromatic carbocycles. The number of nitrogens with one attached hydrogen (secondary N) is 1. The summed E-state index contributed by atoms with van der Waals surface area (Å²) in [6, 6.07) is 0. The first kappa shape index (κ1) is 19.5. The van der Waals surface area contributed by atoms with Crippen LogP contribution < -0.4 is 5.32 Å². The third kappa shape index (κ3) is 4.97. The fourth-order valence-electron chi connectivity index (χ4n) is 3.27. The van der Waals surface area contributed by atoms with E-state index in [9.17, 15) is 4.79 Å². The van der Waals surface area contributed by atoms with Gasteiger partial charge in [0.05, 0.1) is 13.2 Å². The third-order valence-electron chi connectivity index (χ3n) is 4.47. The Bertz CT molecular complexity index is 389. The number of guanidine groups is 1. The van der Waals surface area contributed by atoms with Gasteiger partial charge in [-0.25, -0.2) is 0 Å². The number of ether oxygens (including phenoxy) is 1. The lowest BCUT2D eigenvalue weighted by atomic mass is 9.76. The summed E-state index contributed by atoms with van der Waals surface area (Å²) < 4.78 is 5.71. The molecule has 1 unspecified atom stereocenters. The summed E-state index contributed by atoms with van der Waals surface area (Å²) in [5, 5.41) is 3.19. The molecule has 2 saturated heterocycles. The third-order valence-corrected chi connectivity index (χ3v) is 4.47. The molecule has 22 heavy (non-hydrogen) atoms. The van der Waals surface area contributed by atoms with Crippen LogP contribution in [0.3, 0.4) is 0 Å². The van der Waals surface area contributed by atoms with Gasteiger partial charge in [-0.2, -0.15) is 0 Å². The molecule has 2 aliphatic heterocycles. The molecule has 1 spiro atoms. The lowest BCUT2D eigenvalue weighted by Crippen LogP contribution is -2.54. The Kier molecular flexibility index (Phi) is 7.88. The molecule has 7 heteroatoms. The summed E-state index contributed by atoms with van der Waals surface area (Å²) in [5.41, 5.74) is 0.277. The van der Waals surface area contributed by atoms with Gasteiger partial charge < -0.3 is 19.9 Å². The van der Waals surface area contributed by atoms with Crippen molar-refractivity contribution in [2.24, 2.45) is 10.4 Å². The molecule has 0 aromatic rings. The summed E-state index contributed by atoms with van der Waals surface area (Å²) in [6.07, 6.45) is 4.78. The predicted molar refractivity (Wildman–Crippen MR) is 98.8 cm³/mol. The van der Waals surface area contributed by atoms with Gasteiger partial charge in [-0.05, 0) is 25.7 Å². The van der Waals surface area contributed by atoms with Gasteiger partial charge in [0.2, 0.25) is 5.91 Å². The van der Waals surface area contributed by atoms with Crippen LogP contribution in [0, 0.1) is 5.41 Å². The van der Waals surface area contributed by atoms with Gasteiger partial charge in [0.25, 0.3) is 0 Å². The molecule has 1 atom stereocenters. The Balaban J connectivity index is 0.00000242. The van der Waals surface area contributed by atoms with Crippen molar-refractivity contribution in [3.05, 3.63) is 0 Å². The predicted octanol–water partition coefficient (Wildman–Crippen LogP) is 1.16. The zero-order valence-electron chi connectivity index (χ0n) is 13.9. The minimum absolute atomic E-state index is 0. The molecule has 128 valence electrons. The Morgan fingerprint density at radius 2 is 2.09 bits per heavy atom. The first-order chi connectivity index (χ1) is 10.1. The fourth-order valence-corrected chi connectivity index (χ4v) is 3.27. The summed E-state index contributed by atoms with van der Waals surface area (Å²) in [4.78, 5) is 19.9. The molecule has 0 aliphatic carbocycles. The highest BCUT2D eigenvalue weighted by atomic mass is 127. The highest BCUT2D eigenvalue weighted by Gasteiger charge is 2.38. The van der Waals surface area contributed by atoms with Crippen LogP contribution in [-0.4, -0.2) is 75.7 Å². The zero-order chi connectivity index (χ0) is 15.3. The number of amides is 1. The summed E-state index contributed by atoms with van der Waals surface area (Å²) in [7, 11) is 5.31. The largest absolute Gasteiger partial charge is 0.381 e. The van der Waals surface area contributed by atoms with Gasteiger partial charge in [-0.1, -0.05) is 0 Å². The molecule has 2 fully saturated rings. The van der Waals surface area contributed by atoms with Crippen molar-refractivity contribution in [3.8, 4) is 0 Å². The van der Waals surface area contributed by atoms with Crippen LogP contribution in [0.5, 0.6) is 0 Å². The summed E-state index contributed by atoms with van der Waals surface area (Å²) in [5.74, 6) is 0.888.